The molecule has 14 heavy (non-hydrogen) atoms. The molecule has 1 aromatic carbocycles. The molecule has 0 heterocycles. The van der Waals surface area contributed by atoms with Crippen molar-refractivity contribution in [3.63, 3.8) is 0 Å². The predicted octanol–water partition coefficient (Wildman–Crippen LogP) is -5.79. The first-order valence-corrected chi connectivity index (χ1v) is 4.72. The molecule has 0 amide bonds. The largest absolute Gasteiger partial charge is 1.00 e. The molecule has 0 saturated heterocycles. The molecule has 7 heteroatoms. The summed E-state index contributed by atoms with van der Waals surface area (Å²) in [6.45, 7) is 1.66. The Morgan fingerprint density at radius 2 is 1.71 bits per heavy atom. The van der Waals surface area contributed by atoms with Crippen LogP contribution in [0.4, 0.5) is 0 Å². The summed E-state index contributed by atoms with van der Waals surface area (Å²) in [5.41, 5.74) is 0.615. The number of phosphoric ester groups is 1. The van der Waals surface area contributed by atoms with Crippen molar-refractivity contribution >= 4 is 7.82 Å². The van der Waals surface area contributed by atoms with E-state index < -0.39 is 7.82 Å². The van der Waals surface area contributed by atoms with Crippen molar-refractivity contribution in [2.75, 3.05) is 0 Å². The van der Waals surface area contributed by atoms with Crippen molar-refractivity contribution in [1.29, 1.82) is 0 Å². The molecular weight excluding hydrogens is 257 g/mol. The molecule has 0 aliphatic heterocycles. The summed E-state index contributed by atoms with van der Waals surface area (Å²) in [6.07, 6.45) is 0. The van der Waals surface area contributed by atoms with Crippen LogP contribution in [-0.4, -0.2) is 0 Å². The molecule has 0 aromatic heterocycles. The minimum atomic E-state index is -4.91. The maximum Gasteiger partial charge on any atom is 1.00 e. The topological polar surface area (TPSA) is 72.4 Å². The van der Waals surface area contributed by atoms with Crippen LogP contribution in [0.5, 0.6) is 5.75 Å². The molecule has 0 saturated carbocycles. The SMILES string of the molecule is Cc1ccccc1OP(=O)([O-])[O-].[K+].[K+]. The van der Waals surface area contributed by atoms with Gasteiger partial charge in [0.1, 0.15) is 13.6 Å². The fourth-order valence-electron chi connectivity index (χ4n) is 0.779. The van der Waals surface area contributed by atoms with Crippen LogP contribution >= 0.6 is 7.82 Å². The van der Waals surface area contributed by atoms with Gasteiger partial charge >= 0.3 is 103 Å². The van der Waals surface area contributed by atoms with E-state index >= 15 is 0 Å². The number of rotatable bonds is 2. The second-order valence-corrected chi connectivity index (χ2v) is 3.38. The molecule has 0 aliphatic carbocycles. The van der Waals surface area contributed by atoms with Gasteiger partial charge in [0.15, 0.2) is 0 Å². The van der Waals surface area contributed by atoms with Gasteiger partial charge in [-0.05, 0) is 18.6 Å². The molecule has 4 nitrogen and oxygen atoms in total. The van der Waals surface area contributed by atoms with Gasteiger partial charge in [-0.15, -0.1) is 0 Å². The Labute approximate surface area is 168 Å². The van der Waals surface area contributed by atoms with Gasteiger partial charge in [0.25, 0.3) is 0 Å². The standard InChI is InChI=1S/C7H9O4P.2K/c1-6-4-2-3-5-7(6)11-12(8,9)10;;/h2-5H,1H3,(H2,8,9,10);;/q;2*+1/p-2. The molecular formula is C7H7K2O4P. The Bertz CT molecular complexity index is 325. The Hall–Kier alpha value is 2.44. The third-order valence-electron chi connectivity index (χ3n) is 1.30. The number of phosphoric acid groups is 1. The Balaban J connectivity index is 0. The number of hydrogen-bond donors (Lipinski definition) is 0. The van der Waals surface area contributed by atoms with E-state index in [9.17, 15) is 14.4 Å². The van der Waals surface area contributed by atoms with Crippen LogP contribution in [0.25, 0.3) is 0 Å². The molecule has 0 spiro atoms. The molecule has 0 bridgehead atoms. The summed E-state index contributed by atoms with van der Waals surface area (Å²) in [4.78, 5) is 20.4. The van der Waals surface area contributed by atoms with Crippen LogP contribution in [0.3, 0.4) is 0 Å². The van der Waals surface area contributed by atoms with Gasteiger partial charge < -0.3 is 18.9 Å². The maximum absolute atomic E-state index is 10.2. The molecule has 66 valence electrons. The fraction of sp³-hybridized carbons (Fsp3) is 0.143. The molecule has 0 N–H and O–H groups in total. The van der Waals surface area contributed by atoms with Crippen molar-refractivity contribution in [2.45, 2.75) is 6.92 Å². The van der Waals surface area contributed by atoms with E-state index in [0.717, 1.165) is 0 Å². The molecule has 1 rings (SSSR count). The molecule has 1 aromatic rings. The van der Waals surface area contributed by atoms with E-state index in [-0.39, 0.29) is 109 Å². The first kappa shape index (κ1) is 18.8. The van der Waals surface area contributed by atoms with Gasteiger partial charge in [0, 0.05) is 0 Å². The molecule has 0 atom stereocenters. The van der Waals surface area contributed by atoms with Gasteiger partial charge in [-0.3, -0.25) is 0 Å². The van der Waals surface area contributed by atoms with Crippen molar-refractivity contribution in [1.82, 2.24) is 0 Å². The molecule has 0 aliphatic rings. The smallest absolute Gasteiger partial charge is 0.780 e. The monoisotopic (exact) mass is 264 g/mol. The average molecular weight is 264 g/mol. The van der Waals surface area contributed by atoms with E-state index in [1.807, 2.05) is 0 Å². The Kier molecular flexibility index (Phi) is 11.4. The van der Waals surface area contributed by atoms with Gasteiger partial charge in [-0.1, -0.05) is 18.2 Å². The second-order valence-electron chi connectivity index (χ2n) is 2.30. The van der Waals surface area contributed by atoms with Gasteiger partial charge in [0.2, 0.25) is 0 Å². The predicted molar refractivity (Wildman–Crippen MR) is 39.4 cm³/mol. The minimum Gasteiger partial charge on any atom is -0.780 e. The average Bonchev–Trinajstić information content (AvgIpc) is 1.91. The summed E-state index contributed by atoms with van der Waals surface area (Å²) < 4.78 is 14.4. The third kappa shape index (κ3) is 7.67. The molecule has 0 radical (unpaired) electrons. The Morgan fingerprint density at radius 3 is 2.14 bits per heavy atom. The quantitative estimate of drug-likeness (QED) is 0.394. The second kappa shape index (κ2) is 8.52. The number of aryl methyl sites for hydroxylation is 1. The fourth-order valence-corrected chi connectivity index (χ4v) is 1.23. The summed E-state index contributed by atoms with van der Waals surface area (Å²) in [6, 6.07) is 6.41. The number of para-hydroxylation sites is 1. The number of hydrogen-bond acceptors (Lipinski definition) is 4. The number of benzene rings is 1. The van der Waals surface area contributed by atoms with Crippen LogP contribution < -0.4 is 117 Å². The zero-order chi connectivity index (χ0) is 9.19. The van der Waals surface area contributed by atoms with Crippen molar-refractivity contribution in [3.8, 4) is 5.75 Å². The van der Waals surface area contributed by atoms with Gasteiger partial charge in [0.05, 0.1) is 0 Å². The molecule has 0 fully saturated rings. The summed E-state index contributed by atoms with van der Waals surface area (Å²) in [7, 11) is -4.91. The first-order chi connectivity index (χ1) is 5.49. The minimum absolute atomic E-state index is 0. The Morgan fingerprint density at radius 1 is 1.21 bits per heavy atom. The van der Waals surface area contributed by atoms with Crippen LogP contribution in [0.15, 0.2) is 24.3 Å². The normalized spacial score (nSPS) is 9.64. The van der Waals surface area contributed by atoms with E-state index in [1.165, 1.54) is 6.07 Å². The third-order valence-corrected chi connectivity index (χ3v) is 1.72. The van der Waals surface area contributed by atoms with E-state index in [1.54, 1.807) is 25.1 Å². The van der Waals surface area contributed by atoms with Crippen LogP contribution in [0.2, 0.25) is 0 Å². The summed E-state index contributed by atoms with van der Waals surface area (Å²) in [5.74, 6) is 0.0887. The van der Waals surface area contributed by atoms with Gasteiger partial charge in [-0.2, -0.15) is 0 Å². The van der Waals surface area contributed by atoms with Crippen molar-refractivity contribution in [2.24, 2.45) is 0 Å². The van der Waals surface area contributed by atoms with Crippen molar-refractivity contribution in [3.05, 3.63) is 29.8 Å². The van der Waals surface area contributed by atoms with E-state index in [2.05, 4.69) is 4.52 Å². The zero-order valence-corrected chi connectivity index (χ0v) is 15.5. The summed E-state index contributed by atoms with van der Waals surface area (Å²) >= 11 is 0. The van der Waals surface area contributed by atoms with E-state index in [0.29, 0.717) is 5.56 Å². The van der Waals surface area contributed by atoms with Crippen LogP contribution in [0, 0.1) is 6.92 Å². The first-order valence-electron chi connectivity index (χ1n) is 3.26. The molecule has 0 unspecified atom stereocenters. The van der Waals surface area contributed by atoms with Gasteiger partial charge in [-0.25, -0.2) is 0 Å². The van der Waals surface area contributed by atoms with Crippen LogP contribution in [-0.2, 0) is 4.57 Å². The van der Waals surface area contributed by atoms with E-state index in [4.69, 9.17) is 0 Å². The van der Waals surface area contributed by atoms with Crippen molar-refractivity contribution < 1.29 is 122 Å². The summed E-state index contributed by atoms with van der Waals surface area (Å²) in [5, 5.41) is 0. The van der Waals surface area contributed by atoms with Crippen LogP contribution in [0.1, 0.15) is 5.56 Å². The zero-order valence-electron chi connectivity index (χ0n) is 8.39. The maximum atomic E-state index is 10.2.